The molecule has 0 saturated carbocycles. The lowest BCUT2D eigenvalue weighted by Gasteiger charge is -2.17. The first-order valence-electron chi connectivity index (χ1n) is 6.36. The second-order valence-corrected chi connectivity index (χ2v) is 4.73. The summed E-state index contributed by atoms with van der Waals surface area (Å²) in [5.41, 5.74) is 0.966. The van der Waals surface area contributed by atoms with Crippen LogP contribution in [0.15, 0.2) is 18.2 Å². The van der Waals surface area contributed by atoms with Crippen molar-refractivity contribution in [3.8, 4) is 0 Å². The van der Waals surface area contributed by atoms with Gasteiger partial charge in [-0.3, -0.25) is 0 Å². The largest absolute Gasteiger partial charge is 0.381 e. The van der Waals surface area contributed by atoms with E-state index in [9.17, 15) is 4.39 Å². The minimum Gasteiger partial charge on any atom is -0.381 e. The van der Waals surface area contributed by atoms with Crippen molar-refractivity contribution in [3.63, 3.8) is 0 Å². The van der Waals surface area contributed by atoms with E-state index in [1.54, 1.807) is 6.07 Å². The summed E-state index contributed by atoms with van der Waals surface area (Å²) in [5, 5.41) is 3.73. The Morgan fingerprint density at radius 1 is 1.39 bits per heavy atom. The minimum atomic E-state index is -0.295. The first-order valence-corrected chi connectivity index (χ1v) is 6.74. The van der Waals surface area contributed by atoms with Crippen LogP contribution in [0.4, 0.5) is 4.39 Å². The molecule has 0 bridgehead atoms. The van der Waals surface area contributed by atoms with E-state index in [1.165, 1.54) is 12.1 Å². The Morgan fingerprint density at radius 3 is 2.78 bits per heavy atom. The lowest BCUT2D eigenvalue weighted by Crippen LogP contribution is -2.29. The molecule has 0 aliphatic heterocycles. The van der Waals surface area contributed by atoms with Gasteiger partial charge in [0.25, 0.3) is 0 Å². The van der Waals surface area contributed by atoms with Gasteiger partial charge >= 0.3 is 0 Å². The molecule has 0 fully saturated rings. The molecule has 1 N–H and O–H groups in total. The van der Waals surface area contributed by atoms with Crippen molar-refractivity contribution in [1.82, 2.24) is 5.32 Å². The number of rotatable bonds is 8. The van der Waals surface area contributed by atoms with Gasteiger partial charge in [0.1, 0.15) is 5.82 Å². The van der Waals surface area contributed by atoms with E-state index < -0.39 is 0 Å². The van der Waals surface area contributed by atoms with Crippen molar-refractivity contribution >= 4 is 11.6 Å². The van der Waals surface area contributed by atoms with E-state index in [-0.39, 0.29) is 5.82 Å². The van der Waals surface area contributed by atoms with Gasteiger partial charge in [-0.05, 0) is 44.0 Å². The second-order valence-electron chi connectivity index (χ2n) is 4.33. The molecule has 1 atom stereocenters. The van der Waals surface area contributed by atoms with Gasteiger partial charge in [-0.2, -0.15) is 0 Å². The lowest BCUT2D eigenvalue weighted by atomic mass is 10.0. The highest BCUT2D eigenvalue weighted by Crippen LogP contribution is 2.19. The molecular weight excluding hydrogens is 253 g/mol. The first-order chi connectivity index (χ1) is 8.67. The number of benzene rings is 1. The van der Waals surface area contributed by atoms with Crippen LogP contribution in [0.25, 0.3) is 0 Å². The van der Waals surface area contributed by atoms with Crippen LogP contribution in [0.3, 0.4) is 0 Å². The van der Waals surface area contributed by atoms with Crippen molar-refractivity contribution in [2.24, 2.45) is 0 Å². The topological polar surface area (TPSA) is 21.3 Å². The third-order valence-corrected chi connectivity index (χ3v) is 3.20. The van der Waals surface area contributed by atoms with Gasteiger partial charge in [-0.1, -0.05) is 24.6 Å². The molecule has 1 aromatic carbocycles. The Bertz CT molecular complexity index is 360. The Hall–Kier alpha value is -0.640. The number of nitrogens with one attached hydrogen (secondary N) is 1. The van der Waals surface area contributed by atoms with Crippen LogP contribution in [0.2, 0.25) is 5.02 Å². The third-order valence-electron chi connectivity index (χ3n) is 2.85. The van der Waals surface area contributed by atoms with Crippen LogP contribution >= 0.6 is 11.6 Å². The Morgan fingerprint density at radius 2 is 2.17 bits per heavy atom. The summed E-state index contributed by atoms with van der Waals surface area (Å²) in [6, 6.07) is 4.85. The summed E-state index contributed by atoms with van der Waals surface area (Å²) in [5.74, 6) is -0.295. The summed E-state index contributed by atoms with van der Waals surface area (Å²) in [7, 11) is 1.92. The van der Waals surface area contributed by atoms with Crippen LogP contribution in [-0.4, -0.2) is 26.3 Å². The van der Waals surface area contributed by atoms with Gasteiger partial charge < -0.3 is 10.1 Å². The predicted molar refractivity (Wildman–Crippen MR) is 73.7 cm³/mol. The van der Waals surface area contributed by atoms with Crippen molar-refractivity contribution < 1.29 is 9.13 Å². The van der Waals surface area contributed by atoms with Crippen molar-refractivity contribution in [2.45, 2.75) is 32.2 Å². The van der Waals surface area contributed by atoms with Crippen LogP contribution in [0.1, 0.15) is 25.3 Å². The maximum absolute atomic E-state index is 12.9. The molecular formula is C14H21ClFNO. The molecule has 4 heteroatoms. The molecule has 1 aromatic rings. The Balaban J connectivity index is 2.46. The predicted octanol–water partition coefficient (Wildman–Crippen LogP) is 3.43. The van der Waals surface area contributed by atoms with Gasteiger partial charge in [0.15, 0.2) is 0 Å². The highest BCUT2D eigenvalue weighted by molar-refractivity contribution is 6.31. The zero-order chi connectivity index (χ0) is 13.4. The van der Waals surface area contributed by atoms with Gasteiger partial charge in [0, 0.05) is 24.3 Å². The average molecular weight is 274 g/mol. The summed E-state index contributed by atoms with van der Waals surface area (Å²) in [6.07, 6.45) is 2.74. The number of ether oxygens (including phenoxy) is 1. The maximum atomic E-state index is 12.9. The van der Waals surface area contributed by atoms with Gasteiger partial charge in [-0.25, -0.2) is 4.39 Å². The molecule has 0 aliphatic carbocycles. The highest BCUT2D eigenvalue weighted by atomic mass is 35.5. The molecule has 0 amide bonds. The van der Waals surface area contributed by atoms with Crippen molar-refractivity contribution in [1.29, 1.82) is 0 Å². The van der Waals surface area contributed by atoms with Crippen LogP contribution in [0.5, 0.6) is 0 Å². The van der Waals surface area contributed by atoms with E-state index in [2.05, 4.69) is 12.2 Å². The Labute approximate surface area is 113 Å². The molecule has 2 nitrogen and oxygen atoms in total. The molecule has 18 heavy (non-hydrogen) atoms. The Kier molecular flexibility index (Phi) is 7.25. The third kappa shape index (κ3) is 5.34. The fraction of sp³-hybridized carbons (Fsp3) is 0.571. The fourth-order valence-electron chi connectivity index (χ4n) is 1.77. The molecule has 0 saturated heterocycles. The molecule has 102 valence electrons. The number of halogens is 2. The van der Waals surface area contributed by atoms with Gasteiger partial charge in [-0.15, -0.1) is 0 Å². The minimum absolute atomic E-state index is 0.295. The van der Waals surface area contributed by atoms with Crippen LogP contribution in [0, 0.1) is 5.82 Å². The lowest BCUT2D eigenvalue weighted by molar-refractivity contribution is 0.125. The maximum Gasteiger partial charge on any atom is 0.124 e. The summed E-state index contributed by atoms with van der Waals surface area (Å²) in [6.45, 7) is 3.62. The van der Waals surface area contributed by atoms with Gasteiger partial charge in [0.05, 0.1) is 0 Å². The molecule has 0 heterocycles. The second kappa shape index (κ2) is 8.46. The van der Waals surface area contributed by atoms with Crippen LogP contribution in [-0.2, 0) is 11.2 Å². The summed E-state index contributed by atoms with van der Waals surface area (Å²) < 4.78 is 18.4. The average Bonchev–Trinajstić information content (AvgIpc) is 2.35. The zero-order valence-electron chi connectivity index (χ0n) is 11.0. The van der Waals surface area contributed by atoms with Crippen LogP contribution < -0.4 is 5.32 Å². The first kappa shape index (κ1) is 15.4. The SMILES string of the molecule is CCCOCCC(Cc1ccc(F)cc1Cl)NC. The number of hydrogen-bond donors (Lipinski definition) is 1. The van der Waals surface area contributed by atoms with E-state index in [4.69, 9.17) is 16.3 Å². The van der Waals surface area contributed by atoms with E-state index in [0.717, 1.165) is 38.0 Å². The zero-order valence-corrected chi connectivity index (χ0v) is 11.8. The number of hydrogen-bond acceptors (Lipinski definition) is 2. The standard InChI is InChI=1S/C14H21ClFNO/c1-3-7-18-8-6-13(17-2)9-11-4-5-12(16)10-14(11)15/h4-5,10,13,17H,3,6-9H2,1-2H3. The van der Waals surface area contributed by atoms with E-state index in [1.807, 2.05) is 7.05 Å². The van der Waals surface area contributed by atoms with Crippen molar-refractivity contribution in [3.05, 3.63) is 34.6 Å². The summed E-state index contributed by atoms with van der Waals surface area (Å²) >= 11 is 6.02. The molecule has 0 spiro atoms. The van der Waals surface area contributed by atoms with Crippen molar-refractivity contribution in [2.75, 3.05) is 20.3 Å². The molecule has 1 rings (SSSR count). The summed E-state index contributed by atoms with van der Waals surface area (Å²) in [4.78, 5) is 0. The monoisotopic (exact) mass is 273 g/mol. The van der Waals surface area contributed by atoms with E-state index >= 15 is 0 Å². The highest BCUT2D eigenvalue weighted by Gasteiger charge is 2.10. The molecule has 1 unspecified atom stereocenters. The number of likely N-dealkylation sites (N-methyl/N-ethyl adjacent to an activating group) is 1. The smallest absolute Gasteiger partial charge is 0.124 e. The normalized spacial score (nSPS) is 12.7. The fourth-order valence-corrected chi connectivity index (χ4v) is 2.02. The quantitative estimate of drug-likeness (QED) is 0.733. The molecule has 0 aromatic heterocycles. The van der Waals surface area contributed by atoms with E-state index in [0.29, 0.717) is 11.1 Å². The molecule has 0 radical (unpaired) electrons. The molecule has 0 aliphatic rings. The van der Waals surface area contributed by atoms with Gasteiger partial charge in [0.2, 0.25) is 0 Å².